The van der Waals surface area contributed by atoms with Gasteiger partial charge in [-0.15, -0.1) is 0 Å². The first-order valence-electron chi connectivity index (χ1n) is 8.34. The van der Waals surface area contributed by atoms with Crippen molar-refractivity contribution < 1.29 is 14.3 Å². The molecule has 0 radical (unpaired) electrons. The number of methoxy groups -OCH3 is 1. The fraction of sp³-hybridized carbons (Fsp3) is 0.350. The van der Waals surface area contributed by atoms with Gasteiger partial charge in [0.2, 0.25) is 0 Å². The summed E-state index contributed by atoms with van der Waals surface area (Å²) in [6, 6.07) is 13.9. The first-order chi connectivity index (χ1) is 12.1. The highest BCUT2D eigenvalue weighted by molar-refractivity contribution is 9.10. The van der Waals surface area contributed by atoms with Crippen molar-refractivity contribution in [3.63, 3.8) is 0 Å². The van der Waals surface area contributed by atoms with Gasteiger partial charge in [0.05, 0.1) is 19.8 Å². The molecule has 2 aromatic carbocycles. The second-order valence-electron chi connectivity index (χ2n) is 6.23. The Morgan fingerprint density at radius 3 is 2.88 bits per heavy atom. The zero-order chi connectivity index (χ0) is 17.8. The molecule has 1 saturated heterocycles. The number of hydrogen-bond acceptors (Lipinski definition) is 4. The summed E-state index contributed by atoms with van der Waals surface area (Å²) in [5, 5.41) is 0. The van der Waals surface area contributed by atoms with Crippen molar-refractivity contribution >= 4 is 21.7 Å². The number of nitrogens with zero attached hydrogens (tertiary/aromatic N) is 1. The molecule has 1 unspecified atom stereocenters. The minimum atomic E-state index is 0.0493. The molecule has 25 heavy (non-hydrogen) atoms. The summed E-state index contributed by atoms with van der Waals surface area (Å²) in [7, 11) is 1.66. The average molecular weight is 404 g/mol. The Bertz CT molecular complexity index is 762. The van der Waals surface area contributed by atoms with E-state index in [-0.39, 0.29) is 11.9 Å². The van der Waals surface area contributed by atoms with Crippen molar-refractivity contribution in [1.82, 2.24) is 4.90 Å². The van der Waals surface area contributed by atoms with Crippen LogP contribution in [0.2, 0.25) is 0 Å². The summed E-state index contributed by atoms with van der Waals surface area (Å²) >= 11 is 3.52. The number of ether oxygens (including phenoxy) is 2. The third kappa shape index (κ3) is 4.48. The molecular weight excluding hydrogens is 382 g/mol. The lowest BCUT2D eigenvalue weighted by Crippen LogP contribution is -2.37. The number of hydrogen-bond donors (Lipinski definition) is 0. The Balaban J connectivity index is 1.76. The maximum absolute atomic E-state index is 11.7. The lowest BCUT2D eigenvalue weighted by Gasteiger charge is -2.33. The van der Waals surface area contributed by atoms with Gasteiger partial charge in [0, 0.05) is 35.2 Å². The van der Waals surface area contributed by atoms with Gasteiger partial charge in [-0.2, -0.15) is 0 Å². The third-order valence-corrected chi connectivity index (χ3v) is 4.95. The highest BCUT2D eigenvalue weighted by Gasteiger charge is 2.23. The van der Waals surface area contributed by atoms with Gasteiger partial charge >= 0.3 is 0 Å². The van der Waals surface area contributed by atoms with Gasteiger partial charge in [-0.25, -0.2) is 0 Å². The van der Waals surface area contributed by atoms with Crippen molar-refractivity contribution in [2.24, 2.45) is 0 Å². The van der Waals surface area contributed by atoms with Crippen molar-refractivity contribution in [1.29, 1.82) is 0 Å². The van der Waals surface area contributed by atoms with Gasteiger partial charge in [0.15, 0.2) is 5.78 Å². The number of benzene rings is 2. The second-order valence-corrected chi connectivity index (χ2v) is 7.15. The van der Waals surface area contributed by atoms with Gasteiger partial charge in [0.1, 0.15) is 5.75 Å². The highest BCUT2D eigenvalue weighted by atomic mass is 79.9. The SMILES string of the molecule is COc1ccc(C(C)=O)cc1CN1CCOC(c2cccc(Br)c2)C1. The van der Waals surface area contributed by atoms with Crippen LogP contribution in [0.15, 0.2) is 46.9 Å². The number of halogens is 1. The van der Waals surface area contributed by atoms with E-state index in [0.29, 0.717) is 12.2 Å². The van der Waals surface area contributed by atoms with E-state index in [1.165, 1.54) is 5.56 Å². The first kappa shape index (κ1) is 18.1. The van der Waals surface area contributed by atoms with Gasteiger partial charge in [0.25, 0.3) is 0 Å². The first-order valence-corrected chi connectivity index (χ1v) is 9.13. The van der Waals surface area contributed by atoms with Crippen molar-refractivity contribution in [2.75, 3.05) is 26.8 Å². The molecule has 1 aliphatic rings. The predicted octanol–water partition coefficient (Wildman–Crippen LogP) is 4.23. The molecule has 1 fully saturated rings. The molecule has 5 heteroatoms. The molecule has 1 aliphatic heterocycles. The summed E-state index contributed by atoms with van der Waals surface area (Å²) < 4.78 is 12.5. The zero-order valence-electron chi connectivity index (χ0n) is 14.5. The minimum absolute atomic E-state index is 0.0493. The van der Waals surface area contributed by atoms with Crippen molar-refractivity contribution in [3.8, 4) is 5.75 Å². The molecule has 0 amide bonds. The standard InChI is InChI=1S/C20H22BrNO3/c1-14(23)15-6-7-19(24-2)17(10-15)12-22-8-9-25-20(13-22)16-4-3-5-18(21)11-16/h3-7,10-11,20H,8-9,12-13H2,1-2H3. The monoisotopic (exact) mass is 403 g/mol. The molecule has 4 nitrogen and oxygen atoms in total. The molecular formula is C20H22BrNO3. The van der Waals surface area contributed by atoms with Crippen molar-refractivity contribution in [2.45, 2.75) is 19.6 Å². The summed E-state index contributed by atoms with van der Waals surface area (Å²) in [4.78, 5) is 14.0. The molecule has 1 heterocycles. The summed E-state index contributed by atoms with van der Waals surface area (Å²) in [5.74, 6) is 0.883. The summed E-state index contributed by atoms with van der Waals surface area (Å²) in [6.07, 6.45) is 0.0493. The molecule has 2 aromatic rings. The van der Waals surface area contributed by atoms with Crippen LogP contribution >= 0.6 is 15.9 Å². The van der Waals surface area contributed by atoms with E-state index in [2.05, 4.69) is 33.0 Å². The number of carbonyl (C=O) groups excluding carboxylic acids is 1. The van der Waals surface area contributed by atoms with Gasteiger partial charge in [-0.3, -0.25) is 9.69 Å². The molecule has 3 rings (SSSR count). The van der Waals surface area contributed by atoms with Gasteiger partial charge in [-0.05, 0) is 42.8 Å². The minimum Gasteiger partial charge on any atom is -0.496 e. The number of carbonyl (C=O) groups is 1. The summed E-state index contributed by atoms with van der Waals surface area (Å²) in [6.45, 7) is 4.68. The fourth-order valence-electron chi connectivity index (χ4n) is 3.12. The van der Waals surface area contributed by atoms with Crippen LogP contribution in [0.3, 0.4) is 0 Å². The molecule has 0 saturated carbocycles. The zero-order valence-corrected chi connectivity index (χ0v) is 16.1. The van der Waals surface area contributed by atoms with Crippen LogP contribution in [0.4, 0.5) is 0 Å². The normalized spacial score (nSPS) is 18.1. The Labute approximate surface area is 156 Å². The average Bonchev–Trinajstić information content (AvgIpc) is 2.62. The van der Waals surface area contributed by atoms with Crippen LogP contribution in [0, 0.1) is 0 Å². The Hall–Kier alpha value is -1.69. The van der Waals surface area contributed by atoms with Crippen LogP contribution in [0.1, 0.15) is 34.5 Å². The van der Waals surface area contributed by atoms with Crippen LogP contribution < -0.4 is 4.74 Å². The highest BCUT2D eigenvalue weighted by Crippen LogP contribution is 2.28. The van der Waals surface area contributed by atoms with E-state index in [4.69, 9.17) is 9.47 Å². The van der Waals surface area contributed by atoms with E-state index >= 15 is 0 Å². The molecule has 0 bridgehead atoms. The number of rotatable bonds is 5. The molecule has 0 aromatic heterocycles. The van der Waals surface area contributed by atoms with Gasteiger partial charge < -0.3 is 9.47 Å². The molecule has 1 atom stereocenters. The van der Waals surface area contributed by atoms with Gasteiger partial charge in [-0.1, -0.05) is 28.1 Å². The van der Waals surface area contributed by atoms with Crippen LogP contribution in [0.25, 0.3) is 0 Å². The Morgan fingerprint density at radius 1 is 1.32 bits per heavy atom. The topological polar surface area (TPSA) is 38.8 Å². The fourth-order valence-corrected chi connectivity index (χ4v) is 3.53. The van der Waals surface area contributed by atoms with E-state index in [0.717, 1.165) is 35.4 Å². The predicted molar refractivity (Wildman–Crippen MR) is 101 cm³/mol. The Morgan fingerprint density at radius 2 is 2.16 bits per heavy atom. The summed E-state index contributed by atoms with van der Waals surface area (Å²) in [5.41, 5.74) is 2.92. The van der Waals surface area contributed by atoms with Crippen LogP contribution in [0.5, 0.6) is 5.75 Å². The molecule has 0 spiro atoms. The lowest BCUT2D eigenvalue weighted by molar-refractivity contribution is -0.0331. The number of Topliss-reactive ketones (excluding diaryl/α,β-unsaturated/α-hetero) is 1. The molecule has 132 valence electrons. The second kappa shape index (κ2) is 8.13. The third-order valence-electron chi connectivity index (χ3n) is 4.45. The van der Waals surface area contributed by atoms with Crippen molar-refractivity contribution in [3.05, 3.63) is 63.6 Å². The van der Waals surface area contributed by atoms with Crippen LogP contribution in [-0.2, 0) is 11.3 Å². The van der Waals surface area contributed by atoms with E-state index in [1.54, 1.807) is 14.0 Å². The van der Waals surface area contributed by atoms with E-state index < -0.39 is 0 Å². The van der Waals surface area contributed by atoms with Crippen LogP contribution in [-0.4, -0.2) is 37.5 Å². The van der Waals surface area contributed by atoms with E-state index in [9.17, 15) is 4.79 Å². The maximum Gasteiger partial charge on any atom is 0.159 e. The van der Waals surface area contributed by atoms with E-state index in [1.807, 2.05) is 30.3 Å². The molecule has 0 aliphatic carbocycles. The number of morpholine rings is 1. The lowest BCUT2D eigenvalue weighted by atomic mass is 10.0. The quantitative estimate of drug-likeness (QED) is 0.700. The maximum atomic E-state index is 11.7. The molecule has 0 N–H and O–H groups in total. The smallest absolute Gasteiger partial charge is 0.159 e. The largest absolute Gasteiger partial charge is 0.496 e. The number of ketones is 1. The Kier molecular flexibility index (Phi) is 5.89.